The molecule has 2 rings (SSSR count). The lowest BCUT2D eigenvalue weighted by molar-refractivity contribution is -0.128. The van der Waals surface area contributed by atoms with Crippen molar-refractivity contribution in [2.75, 3.05) is 19.6 Å². The number of nitrogens with zero attached hydrogens (tertiary/aromatic N) is 1. The van der Waals surface area contributed by atoms with Gasteiger partial charge < -0.3 is 5.32 Å². The maximum absolute atomic E-state index is 12.8. The molecule has 2 aliphatic rings. The third-order valence-corrected chi connectivity index (χ3v) is 8.52. The molecule has 0 bridgehead atoms. The van der Waals surface area contributed by atoms with Crippen LogP contribution in [0.4, 0.5) is 0 Å². The minimum Gasteiger partial charge on any atom is -0.352 e. The van der Waals surface area contributed by atoms with Crippen molar-refractivity contribution in [2.45, 2.75) is 84.1 Å². The van der Waals surface area contributed by atoms with E-state index in [0.29, 0.717) is 18.4 Å². The molecule has 2 N–H and O–H groups in total. The van der Waals surface area contributed by atoms with Gasteiger partial charge in [-0.3, -0.25) is 9.69 Å². The molecule has 1 aliphatic carbocycles. The van der Waals surface area contributed by atoms with E-state index in [4.69, 9.17) is 0 Å². The molecular weight excluding hydrogens is 362 g/mol. The topological polar surface area (TPSA) is 78.5 Å². The summed E-state index contributed by atoms with van der Waals surface area (Å²) in [6.07, 6.45) is 5.52. The van der Waals surface area contributed by atoms with Crippen molar-refractivity contribution >= 4 is 15.9 Å². The van der Waals surface area contributed by atoms with Crippen LogP contribution in [0.1, 0.15) is 66.7 Å². The average molecular weight is 402 g/mol. The Morgan fingerprint density at radius 2 is 1.81 bits per heavy atom. The molecule has 5 atom stereocenters. The SMILES string of the molecule is CC(C)S(=O)(=O)NC[C@@H]1CCCN([C@@H](C)C(=O)N[C@H]2CCC[C@@H](C)[C@H]2C)C1. The van der Waals surface area contributed by atoms with Gasteiger partial charge in [0.2, 0.25) is 15.9 Å². The van der Waals surface area contributed by atoms with Crippen LogP contribution in [0.15, 0.2) is 0 Å². The lowest BCUT2D eigenvalue weighted by Gasteiger charge is -2.39. The fourth-order valence-corrected chi connectivity index (χ4v) is 5.07. The molecule has 1 amide bonds. The van der Waals surface area contributed by atoms with Gasteiger partial charge in [0.15, 0.2) is 0 Å². The van der Waals surface area contributed by atoms with Gasteiger partial charge in [0.1, 0.15) is 0 Å². The number of piperidine rings is 1. The Kier molecular flexibility index (Phi) is 8.13. The number of sulfonamides is 1. The first-order valence-corrected chi connectivity index (χ1v) is 12.2. The van der Waals surface area contributed by atoms with E-state index < -0.39 is 15.3 Å². The van der Waals surface area contributed by atoms with E-state index in [0.717, 1.165) is 32.4 Å². The van der Waals surface area contributed by atoms with Gasteiger partial charge in [-0.15, -0.1) is 0 Å². The molecule has 0 unspecified atom stereocenters. The number of likely N-dealkylation sites (tertiary alicyclic amines) is 1. The lowest BCUT2D eigenvalue weighted by atomic mass is 9.78. The van der Waals surface area contributed by atoms with Crippen LogP contribution in [0.2, 0.25) is 0 Å². The predicted octanol–water partition coefficient (Wildman–Crippen LogP) is 2.36. The minimum atomic E-state index is -3.23. The third-order valence-electron chi connectivity index (χ3n) is 6.71. The summed E-state index contributed by atoms with van der Waals surface area (Å²) in [6, 6.07) is 0.112. The van der Waals surface area contributed by atoms with Gasteiger partial charge in [-0.25, -0.2) is 13.1 Å². The molecule has 0 aromatic carbocycles. The molecule has 6 nitrogen and oxygen atoms in total. The molecule has 0 aromatic heterocycles. The molecule has 1 aliphatic heterocycles. The number of rotatable bonds is 7. The minimum absolute atomic E-state index is 0.115. The third kappa shape index (κ3) is 6.16. The summed E-state index contributed by atoms with van der Waals surface area (Å²) in [5, 5.41) is 2.87. The molecule has 158 valence electrons. The van der Waals surface area contributed by atoms with Gasteiger partial charge in [0, 0.05) is 19.1 Å². The molecule has 0 radical (unpaired) electrons. The van der Waals surface area contributed by atoms with Crippen molar-refractivity contribution in [3.8, 4) is 0 Å². The Morgan fingerprint density at radius 1 is 1.11 bits per heavy atom. The highest BCUT2D eigenvalue weighted by Crippen LogP contribution is 2.29. The number of amides is 1. The smallest absolute Gasteiger partial charge is 0.237 e. The fraction of sp³-hybridized carbons (Fsp3) is 0.950. The molecule has 27 heavy (non-hydrogen) atoms. The highest BCUT2D eigenvalue weighted by molar-refractivity contribution is 7.90. The van der Waals surface area contributed by atoms with Crippen LogP contribution in [-0.2, 0) is 14.8 Å². The van der Waals surface area contributed by atoms with E-state index in [1.165, 1.54) is 12.8 Å². The Balaban J connectivity index is 1.86. The van der Waals surface area contributed by atoms with Gasteiger partial charge in [0.25, 0.3) is 0 Å². The van der Waals surface area contributed by atoms with Crippen molar-refractivity contribution < 1.29 is 13.2 Å². The predicted molar refractivity (Wildman–Crippen MR) is 110 cm³/mol. The molecule has 2 fully saturated rings. The number of carbonyl (C=O) groups is 1. The largest absolute Gasteiger partial charge is 0.352 e. The molecule has 1 saturated heterocycles. The highest BCUT2D eigenvalue weighted by atomic mass is 32.2. The summed E-state index contributed by atoms with van der Waals surface area (Å²) < 4.78 is 26.7. The summed E-state index contributed by atoms with van der Waals surface area (Å²) in [4.78, 5) is 15.0. The lowest BCUT2D eigenvalue weighted by Crippen LogP contribution is -2.54. The van der Waals surface area contributed by atoms with Gasteiger partial charge in [-0.05, 0) is 64.3 Å². The van der Waals surface area contributed by atoms with E-state index in [9.17, 15) is 13.2 Å². The summed E-state index contributed by atoms with van der Waals surface area (Å²) >= 11 is 0. The van der Waals surface area contributed by atoms with Gasteiger partial charge in [-0.2, -0.15) is 0 Å². The maximum atomic E-state index is 12.8. The van der Waals surface area contributed by atoms with Crippen molar-refractivity contribution in [3.05, 3.63) is 0 Å². The second kappa shape index (κ2) is 9.70. The van der Waals surface area contributed by atoms with E-state index in [-0.39, 0.29) is 23.9 Å². The summed E-state index contributed by atoms with van der Waals surface area (Å²) in [6.45, 7) is 12.0. The Labute approximate surface area is 165 Å². The average Bonchev–Trinajstić information content (AvgIpc) is 2.63. The van der Waals surface area contributed by atoms with Crippen molar-refractivity contribution in [1.29, 1.82) is 0 Å². The van der Waals surface area contributed by atoms with E-state index in [2.05, 4.69) is 28.8 Å². The fourth-order valence-electron chi connectivity index (χ4n) is 4.27. The van der Waals surface area contributed by atoms with Gasteiger partial charge >= 0.3 is 0 Å². The van der Waals surface area contributed by atoms with E-state index >= 15 is 0 Å². The first-order valence-electron chi connectivity index (χ1n) is 10.6. The van der Waals surface area contributed by atoms with Crippen molar-refractivity contribution in [3.63, 3.8) is 0 Å². The molecule has 0 spiro atoms. The molecule has 1 heterocycles. The second-order valence-electron chi connectivity index (χ2n) is 9.00. The van der Waals surface area contributed by atoms with E-state index in [1.807, 2.05) is 6.92 Å². The Hall–Kier alpha value is -0.660. The Morgan fingerprint density at radius 3 is 2.48 bits per heavy atom. The summed E-state index contributed by atoms with van der Waals surface area (Å²) in [7, 11) is -3.23. The van der Waals surface area contributed by atoms with Gasteiger partial charge in [0.05, 0.1) is 11.3 Å². The van der Waals surface area contributed by atoms with Crippen LogP contribution < -0.4 is 10.0 Å². The van der Waals surface area contributed by atoms with Crippen LogP contribution in [0.5, 0.6) is 0 Å². The number of hydrogen-bond donors (Lipinski definition) is 2. The number of hydrogen-bond acceptors (Lipinski definition) is 4. The first kappa shape index (κ1) is 22.6. The van der Waals surface area contributed by atoms with Crippen LogP contribution in [0.3, 0.4) is 0 Å². The monoisotopic (exact) mass is 401 g/mol. The van der Waals surface area contributed by atoms with Crippen LogP contribution in [0, 0.1) is 17.8 Å². The normalized spacial score (nSPS) is 31.6. The van der Waals surface area contributed by atoms with Gasteiger partial charge in [-0.1, -0.05) is 26.7 Å². The number of nitrogens with one attached hydrogen (secondary N) is 2. The summed E-state index contributed by atoms with van der Waals surface area (Å²) in [5.41, 5.74) is 0. The van der Waals surface area contributed by atoms with Crippen LogP contribution in [-0.4, -0.2) is 56.2 Å². The Bertz CT molecular complexity index is 593. The molecule has 0 aromatic rings. The zero-order valence-corrected chi connectivity index (χ0v) is 18.5. The first-order chi connectivity index (χ1) is 12.6. The van der Waals surface area contributed by atoms with Crippen LogP contribution in [0.25, 0.3) is 0 Å². The van der Waals surface area contributed by atoms with Crippen molar-refractivity contribution in [2.24, 2.45) is 17.8 Å². The van der Waals surface area contributed by atoms with Crippen molar-refractivity contribution in [1.82, 2.24) is 14.9 Å². The molecule has 1 saturated carbocycles. The standard InChI is InChI=1S/C20H39N3O3S/c1-14(2)27(25,26)21-12-18-9-7-11-23(13-18)17(5)20(24)22-19-10-6-8-15(3)16(19)4/h14-19,21H,6-13H2,1-5H3,(H,22,24)/t15-,16-,17+,18+,19+/m1/s1. The highest BCUT2D eigenvalue weighted by Gasteiger charge is 2.32. The number of carbonyl (C=O) groups excluding carboxylic acids is 1. The molecule has 7 heteroatoms. The quantitative estimate of drug-likeness (QED) is 0.686. The molecular formula is C20H39N3O3S. The van der Waals surface area contributed by atoms with Crippen LogP contribution >= 0.6 is 0 Å². The van der Waals surface area contributed by atoms with E-state index in [1.54, 1.807) is 13.8 Å². The summed E-state index contributed by atoms with van der Waals surface area (Å²) in [5.74, 6) is 1.56. The zero-order chi connectivity index (χ0) is 20.2. The zero-order valence-electron chi connectivity index (χ0n) is 17.7. The maximum Gasteiger partial charge on any atom is 0.237 e. The second-order valence-corrected chi connectivity index (χ2v) is 11.3.